The molecule has 1 aromatic heterocycles. The second-order valence-corrected chi connectivity index (χ2v) is 5.80. The molecule has 0 saturated heterocycles. The number of rotatable bonds is 4. The molecule has 0 aliphatic carbocycles. The third kappa shape index (κ3) is 2.68. The summed E-state index contributed by atoms with van der Waals surface area (Å²) >= 11 is 3.07. The van der Waals surface area contributed by atoms with E-state index in [2.05, 4.69) is 4.98 Å². The van der Waals surface area contributed by atoms with Gasteiger partial charge < -0.3 is 5.73 Å². The number of halogens is 1. The van der Waals surface area contributed by atoms with Crippen LogP contribution in [-0.4, -0.2) is 10.7 Å². The SMILES string of the molecule is CCSc1cccc(F)c1-c1ncc(CN)s1. The van der Waals surface area contributed by atoms with Gasteiger partial charge in [-0.2, -0.15) is 0 Å². The lowest BCUT2D eigenvalue weighted by Crippen LogP contribution is -1.91. The van der Waals surface area contributed by atoms with Gasteiger partial charge in [0.25, 0.3) is 0 Å². The molecule has 0 unspecified atom stereocenters. The van der Waals surface area contributed by atoms with Gasteiger partial charge in [0.15, 0.2) is 0 Å². The highest BCUT2D eigenvalue weighted by Crippen LogP contribution is 2.35. The van der Waals surface area contributed by atoms with Crippen LogP contribution in [0.1, 0.15) is 11.8 Å². The molecular weight excluding hydrogens is 255 g/mol. The van der Waals surface area contributed by atoms with E-state index >= 15 is 0 Å². The molecule has 0 atom stereocenters. The van der Waals surface area contributed by atoms with Crippen molar-refractivity contribution in [3.05, 3.63) is 35.1 Å². The average molecular weight is 268 g/mol. The Hall–Kier alpha value is -0.910. The molecule has 2 N–H and O–H groups in total. The van der Waals surface area contributed by atoms with Crippen LogP contribution in [0.5, 0.6) is 0 Å². The maximum Gasteiger partial charge on any atom is 0.134 e. The van der Waals surface area contributed by atoms with Crippen molar-refractivity contribution in [1.82, 2.24) is 4.98 Å². The summed E-state index contributed by atoms with van der Waals surface area (Å²) < 4.78 is 13.9. The minimum atomic E-state index is -0.221. The number of hydrogen-bond acceptors (Lipinski definition) is 4. The molecule has 1 aromatic carbocycles. The van der Waals surface area contributed by atoms with E-state index in [0.717, 1.165) is 15.5 Å². The smallest absolute Gasteiger partial charge is 0.134 e. The van der Waals surface area contributed by atoms with Crippen LogP contribution in [0.15, 0.2) is 29.3 Å². The van der Waals surface area contributed by atoms with Crippen LogP contribution in [0.4, 0.5) is 4.39 Å². The molecule has 0 spiro atoms. The average Bonchev–Trinajstić information content (AvgIpc) is 2.78. The molecule has 2 aromatic rings. The zero-order valence-electron chi connectivity index (χ0n) is 9.44. The fourth-order valence-electron chi connectivity index (χ4n) is 1.51. The summed E-state index contributed by atoms with van der Waals surface area (Å²) in [6, 6.07) is 5.13. The Labute approximate surface area is 108 Å². The molecule has 0 saturated carbocycles. The molecular formula is C12H13FN2S2. The topological polar surface area (TPSA) is 38.9 Å². The van der Waals surface area contributed by atoms with Crippen molar-refractivity contribution >= 4 is 23.1 Å². The minimum absolute atomic E-state index is 0.221. The molecule has 90 valence electrons. The monoisotopic (exact) mass is 268 g/mol. The van der Waals surface area contributed by atoms with Gasteiger partial charge in [0.1, 0.15) is 10.8 Å². The van der Waals surface area contributed by atoms with Crippen molar-refractivity contribution < 1.29 is 4.39 Å². The molecule has 0 radical (unpaired) electrons. The van der Waals surface area contributed by atoms with Crippen LogP contribution in [0.3, 0.4) is 0 Å². The number of aromatic nitrogens is 1. The van der Waals surface area contributed by atoms with E-state index in [-0.39, 0.29) is 5.82 Å². The lowest BCUT2D eigenvalue weighted by Gasteiger charge is -2.06. The molecule has 0 bridgehead atoms. The zero-order valence-corrected chi connectivity index (χ0v) is 11.1. The van der Waals surface area contributed by atoms with Gasteiger partial charge in [-0.25, -0.2) is 9.37 Å². The summed E-state index contributed by atoms with van der Waals surface area (Å²) in [4.78, 5) is 6.15. The molecule has 0 amide bonds. The summed E-state index contributed by atoms with van der Waals surface area (Å²) in [6.07, 6.45) is 1.72. The van der Waals surface area contributed by atoms with Gasteiger partial charge in [0.2, 0.25) is 0 Å². The fraction of sp³-hybridized carbons (Fsp3) is 0.250. The van der Waals surface area contributed by atoms with Gasteiger partial charge in [-0.05, 0) is 17.9 Å². The van der Waals surface area contributed by atoms with Crippen molar-refractivity contribution in [2.45, 2.75) is 18.4 Å². The first-order chi connectivity index (χ1) is 8.26. The van der Waals surface area contributed by atoms with Crippen molar-refractivity contribution in [3.63, 3.8) is 0 Å². The lowest BCUT2D eigenvalue weighted by atomic mass is 10.2. The van der Waals surface area contributed by atoms with Crippen molar-refractivity contribution in [2.24, 2.45) is 5.73 Å². The maximum absolute atomic E-state index is 13.9. The quantitative estimate of drug-likeness (QED) is 0.862. The number of thioether (sulfide) groups is 1. The third-order valence-electron chi connectivity index (χ3n) is 2.24. The summed E-state index contributed by atoms with van der Waals surface area (Å²) in [5.74, 6) is 0.687. The standard InChI is InChI=1S/C12H13FN2S2/c1-2-16-10-5-3-4-9(13)11(10)12-15-7-8(6-14)17-12/h3-5,7H,2,6,14H2,1H3. The van der Waals surface area contributed by atoms with E-state index < -0.39 is 0 Å². The molecule has 0 aliphatic rings. The maximum atomic E-state index is 13.9. The highest BCUT2D eigenvalue weighted by atomic mass is 32.2. The van der Waals surface area contributed by atoms with E-state index in [9.17, 15) is 4.39 Å². The first-order valence-electron chi connectivity index (χ1n) is 5.32. The fourth-order valence-corrected chi connectivity index (χ4v) is 3.25. The molecule has 0 aliphatic heterocycles. The van der Waals surface area contributed by atoms with Crippen LogP contribution in [0.25, 0.3) is 10.6 Å². The first kappa shape index (κ1) is 12.5. The Balaban J connectivity index is 2.48. The van der Waals surface area contributed by atoms with Crippen LogP contribution in [0.2, 0.25) is 0 Å². The Morgan fingerprint density at radius 3 is 2.94 bits per heavy atom. The van der Waals surface area contributed by atoms with Gasteiger partial charge in [-0.15, -0.1) is 23.1 Å². The zero-order chi connectivity index (χ0) is 12.3. The number of benzene rings is 1. The Bertz CT molecular complexity index is 511. The van der Waals surface area contributed by atoms with E-state index in [1.807, 2.05) is 13.0 Å². The number of nitrogens with zero attached hydrogens (tertiary/aromatic N) is 1. The van der Waals surface area contributed by atoms with Crippen LogP contribution in [0, 0.1) is 5.82 Å². The van der Waals surface area contributed by atoms with E-state index in [0.29, 0.717) is 17.1 Å². The molecule has 17 heavy (non-hydrogen) atoms. The summed E-state index contributed by atoms with van der Waals surface area (Å²) in [5, 5.41) is 0.708. The predicted octanol–water partition coefficient (Wildman–Crippen LogP) is 3.52. The second-order valence-electron chi connectivity index (χ2n) is 3.38. The van der Waals surface area contributed by atoms with Crippen LogP contribution in [-0.2, 0) is 6.54 Å². The van der Waals surface area contributed by atoms with Crippen molar-refractivity contribution in [2.75, 3.05) is 5.75 Å². The van der Waals surface area contributed by atoms with Crippen molar-refractivity contribution in [3.8, 4) is 10.6 Å². The third-order valence-corrected chi connectivity index (χ3v) is 4.22. The lowest BCUT2D eigenvalue weighted by molar-refractivity contribution is 0.628. The minimum Gasteiger partial charge on any atom is -0.326 e. The van der Waals surface area contributed by atoms with Gasteiger partial charge in [0.05, 0.1) is 5.56 Å². The van der Waals surface area contributed by atoms with Crippen LogP contribution < -0.4 is 5.73 Å². The molecule has 2 rings (SSSR count). The highest BCUT2D eigenvalue weighted by molar-refractivity contribution is 7.99. The Morgan fingerprint density at radius 1 is 1.47 bits per heavy atom. The van der Waals surface area contributed by atoms with Gasteiger partial charge in [-0.3, -0.25) is 0 Å². The predicted molar refractivity (Wildman–Crippen MR) is 71.8 cm³/mol. The van der Waals surface area contributed by atoms with Crippen molar-refractivity contribution in [1.29, 1.82) is 0 Å². The van der Waals surface area contributed by atoms with E-state index in [1.165, 1.54) is 17.4 Å². The van der Waals surface area contributed by atoms with Crippen LogP contribution >= 0.6 is 23.1 Å². The largest absolute Gasteiger partial charge is 0.326 e. The molecule has 1 heterocycles. The Kier molecular flexibility index (Phi) is 4.15. The summed E-state index contributed by atoms with van der Waals surface area (Å²) in [5.41, 5.74) is 6.15. The number of nitrogens with two attached hydrogens (primary N) is 1. The second kappa shape index (κ2) is 5.62. The number of hydrogen-bond donors (Lipinski definition) is 1. The summed E-state index contributed by atoms with van der Waals surface area (Å²) in [6.45, 7) is 2.49. The van der Waals surface area contributed by atoms with Gasteiger partial charge in [-0.1, -0.05) is 13.0 Å². The molecule has 0 fully saturated rings. The van der Waals surface area contributed by atoms with Gasteiger partial charge >= 0.3 is 0 Å². The number of thiazole rings is 1. The van der Waals surface area contributed by atoms with E-state index in [1.54, 1.807) is 24.0 Å². The normalized spacial score (nSPS) is 10.8. The van der Waals surface area contributed by atoms with E-state index in [4.69, 9.17) is 5.73 Å². The molecule has 2 nitrogen and oxygen atoms in total. The molecule has 5 heteroatoms. The Morgan fingerprint density at radius 2 is 2.29 bits per heavy atom. The highest BCUT2D eigenvalue weighted by Gasteiger charge is 2.14. The van der Waals surface area contributed by atoms with Gasteiger partial charge in [0, 0.05) is 22.5 Å². The summed E-state index contributed by atoms with van der Waals surface area (Å²) in [7, 11) is 0. The first-order valence-corrected chi connectivity index (χ1v) is 7.13.